The van der Waals surface area contributed by atoms with Crippen LogP contribution in [0.1, 0.15) is 22.6 Å². The molecule has 2 atom stereocenters. The fourth-order valence-corrected chi connectivity index (χ4v) is 4.73. The Labute approximate surface area is 181 Å². The summed E-state index contributed by atoms with van der Waals surface area (Å²) in [6.07, 6.45) is 10.8. The fourth-order valence-electron chi connectivity index (χ4n) is 4.73. The third-order valence-electron chi connectivity index (χ3n) is 6.20. The molecule has 1 amide bonds. The van der Waals surface area contributed by atoms with Crippen LogP contribution in [0.5, 0.6) is 0 Å². The summed E-state index contributed by atoms with van der Waals surface area (Å²) < 4.78 is 6.36. The Morgan fingerprint density at radius 2 is 1.65 bits per heavy atom. The van der Waals surface area contributed by atoms with Crippen molar-refractivity contribution in [2.75, 3.05) is 26.2 Å². The third kappa shape index (κ3) is 3.94. The minimum absolute atomic E-state index is 0.0571. The van der Waals surface area contributed by atoms with Crippen LogP contribution in [-0.2, 0) is 22.6 Å². The van der Waals surface area contributed by atoms with Crippen molar-refractivity contribution in [3.05, 3.63) is 90.3 Å². The summed E-state index contributed by atoms with van der Waals surface area (Å²) in [5.74, 6) is -0.0163. The summed E-state index contributed by atoms with van der Waals surface area (Å²) in [5.41, 5.74) is 2.39. The second-order valence-corrected chi connectivity index (χ2v) is 8.18. The normalized spacial score (nSPS) is 24.1. The van der Waals surface area contributed by atoms with Crippen molar-refractivity contribution >= 4 is 5.91 Å². The van der Waals surface area contributed by atoms with E-state index in [9.17, 15) is 4.79 Å². The lowest BCUT2D eigenvalue weighted by Gasteiger charge is -2.42. The van der Waals surface area contributed by atoms with E-state index in [2.05, 4.69) is 19.9 Å². The maximum absolute atomic E-state index is 13.9. The summed E-state index contributed by atoms with van der Waals surface area (Å²) in [7, 11) is 0. The lowest BCUT2D eigenvalue weighted by Crippen LogP contribution is -2.59. The van der Waals surface area contributed by atoms with Crippen molar-refractivity contribution in [2.24, 2.45) is 0 Å². The molecule has 31 heavy (non-hydrogen) atoms. The van der Waals surface area contributed by atoms with Gasteiger partial charge in [0.25, 0.3) is 5.91 Å². The van der Waals surface area contributed by atoms with Gasteiger partial charge < -0.3 is 9.64 Å². The van der Waals surface area contributed by atoms with Crippen molar-refractivity contribution in [3.8, 4) is 0 Å². The van der Waals surface area contributed by atoms with E-state index in [4.69, 9.17) is 4.74 Å². The Hall–Kier alpha value is -3.16. The largest absolute Gasteiger partial charge is 0.361 e. The molecule has 3 aromatic heterocycles. The van der Waals surface area contributed by atoms with E-state index in [1.165, 1.54) is 5.56 Å². The van der Waals surface area contributed by atoms with Gasteiger partial charge in [-0.2, -0.15) is 0 Å². The summed E-state index contributed by atoms with van der Waals surface area (Å²) >= 11 is 0. The third-order valence-corrected chi connectivity index (χ3v) is 6.20. The number of likely N-dealkylation sites (tertiary alicyclic amines) is 1. The molecular weight excluding hydrogens is 390 g/mol. The van der Waals surface area contributed by atoms with E-state index in [1.54, 1.807) is 31.0 Å². The van der Waals surface area contributed by atoms with E-state index < -0.39 is 5.60 Å². The molecule has 0 radical (unpaired) electrons. The molecule has 1 spiro atoms. The van der Waals surface area contributed by atoms with Crippen LogP contribution in [0.3, 0.4) is 0 Å². The van der Waals surface area contributed by atoms with Crippen molar-refractivity contribution < 1.29 is 9.53 Å². The van der Waals surface area contributed by atoms with Crippen molar-refractivity contribution in [3.63, 3.8) is 0 Å². The van der Waals surface area contributed by atoms with Gasteiger partial charge in [0.1, 0.15) is 0 Å². The molecule has 5 heterocycles. The van der Waals surface area contributed by atoms with Crippen LogP contribution >= 0.6 is 0 Å². The highest BCUT2D eigenvalue weighted by molar-refractivity contribution is 5.88. The molecule has 2 aliphatic rings. The van der Waals surface area contributed by atoms with Crippen LogP contribution in [-0.4, -0.2) is 62.5 Å². The van der Waals surface area contributed by atoms with Gasteiger partial charge in [-0.25, -0.2) is 0 Å². The number of carbonyl (C=O) groups excluding carboxylic acids is 1. The standard InChI is InChI=1S/C24H25N5O2/c30-23-24(31-13-12-29(23)16-20-5-10-26-11-6-20)18-28(15-19-3-8-25-9-4-19)17-22(24)21-2-1-7-27-14-21/h1-11,14,22H,12-13,15-18H2/t22-,24+/m1/s1. The summed E-state index contributed by atoms with van der Waals surface area (Å²) in [6.45, 7) is 3.73. The minimum atomic E-state index is -0.901. The van der Waals surface area contributed by atoms with Crippen LogP contribution in [0.15, 0.2) is 73.6 Å². The second kappa shape index (κ2) is 8.53. The molecule has 0 saturated carbocycles. The number of hydrogen-bond donors (Lipinski definition) is 0. The zero-order valence-electron chi connectivity index (χ0n) is 17.3. The first kappa shape index (κ1) is 19.8. The zero-order chi connectivity index (χ0) is 21.1. The number of pyridine rings is 3. The van der Waals surface area contributed by atoms with Gasteiger partial charge in [-0.3, -0.25) is 24.6 Å². The lowest BCUT2D eigenvalue weighted by molar-refractivity contribution is -0.173. The summed E-state index contributed by atoms with van der Waals surface area (Å²) in [4.78, 5) is 30.6. The van der Waals surface area contributed by atoms with Crippen LogP contribution in [0.25, 0.3) is 0 Å². The smallest absolute Gasteiger partial charge is 0.257 e. The topological polar surface area (TPSA) is 71.5 Å². The summed E-state index contributed by atoms with van der Waals surface area (Å²) in [6, 6.07) is 11.9. The van der Waals surface area contributed by atoms with E-state index in [-0.39, 0.29) is 11.8 Å². The number of nitrogens with zero attached hydrogens (tertiary/aromatic N) is 5. The lowest BCUT2D eigenvalue weighted by atomic mass is 9.83. The predicted octanol–water partition coefficient (Wildman–Crippen LogP) is 2.27. The highest BCUT2D eigenvalue weighted by Crippen LogP contribution is 2.42. The number of amides is 1. The van der Waals surface area contributed by atoms with Crippen LogP contribution in [0, 0.1) is 0 Å². The van der Waals surface area contributed by atoms with E-state index >= 15 is 0 Å². The average Bonchev–Trinajstić information content (AvgIpc) is 3.17. The Morgan fingerprint density at radius 3 is 2.32 bits per heavy atom. The Kier molecular flexibility index (Phi) is 5.44. The molecule has 2 saturated heterocycles. The Morgan fingerprint density at radius 1 is 0.935 bits per heavy atom. The Balaban J connectivity index is 1.45. The average molecular weight is 415 g/mol. The van der Waals surface area contributed by atoms with Gasteiger partial charge in [0, 0.05) is 75.8 Å². The van der Waals surface area contributed by atoms with Gasteiger partial charge in [-0.15, -0.1) is 0 Å². The van der Waals surface area contributed by atoms with Gasteiger partial charge >= 0.3 is 0 Å². The highest BCUT2D eigenvalue weighted by atomic mass is 16.5. The number of rotatable bonds is 5. The van der Waals surface area contributed by atoms with Crippen molar-refractivity contribution in [1.29, 1.82) is 0 Å². The van der Waals surface area contributed by atoms with Gasteiger partial charge in [-0.1, -0.05) is 6.07 Å². The quantitative estimate of drug-likeness (QED) is 0.637. The van der Waals surface area contributed by atoms with Crippen LogP contribution in [0.4, 0.5) is 0 Å². The van der Waals surface area contributed by atoms with Crippen molar-refractivity contribution in [2.45, 2.75) is 24.6 Å². The molecular formula is C24H25N5O2. The van der Waals surface area contributed by atoms with E-state index in [0.29, 0.717) is 26.2 Å². The Bertz CT molecular complexity index is 1020. The number of hydrogen-bond acceptors (Lipinski definition) is 6. The molecule has 0 unspecified atom stereocenters. The molecule has 0 aliphatic carbocycles. The molecule has 5 rings (SSSR count). The molecule has 2 aliphatic heterocycles. The molecule has 0 aromatic carbocycles. The van der Waals surface area contributed by atoms with Crippen molar-refractivity contribution in [1.82, 2.24) is 24.8 Å². The first-order valence-electron chi connectivity index (χ1n) is 10.6. The molecule has 3 aromatic rings. The maximum atomic E-state index is 13.9. The van der Waals surface area contributed by atoms with Gasteiger partial charge in [0.05, 0.1) is 6.61 Å². The number of ether oxygens (including phenoxy) is 1. The number of aromatic nitrogens is 3. The first-order valence-corrected chi connectivity index (χ1v) is 10.6. The molecule has 7 nitrogen and oxygen atoms in total. The molecule has 0 bridgehead atoms. The van der Waals surface area contributed by atoms with E-state index in [0.717, 1.165) is 24.2 Å². The van der Waals surface area contributed by atoms with Gasteiger partial charge in [0.2, 0.25) is 0 Å². The molecule has 158 valence electrons. The molecule has 2 fully saturated rings. The van der Waals surface area contributed by atoms with Gasteiger partial charge in [0.15, 0.2) is 5.60 Å². The minimum Gasteiger partial charge on any atom is -0.361 e. The van der Waals surface area contributed by atoms with Crippen LogP contribution < -0.4 is 0 Å². The maximum Gasteiger partial charge on any atom is 0.257 e. The SMILES string of the molecule is O=C1N(Cc2ccncc2)CCO[C@]12CN(Cc1ccncc1)C[C@@H]2c1cccnc1. The fraction of sp³-hybridized carbons (Fsp3) is 0.333. The molecule has 0 N–H and O–H groups in total. The first-order chi connectivity index (χ1) is 15.2. The number of carbonyl (C=O) groups is 1. The van der Waals surface area contributed by atoms with E-state index in [1.807, 2.05) is 47.5 Å². The zero-order valence-corrected chi connectivity index (χ0v) is 17.3. The second-order valence-electron chi connectivity index (χ2n) is 8.18. The van der Waals surface area contributed by atoms with Gasteiger partial charge in [-0.05, 0) is 47.0 Å². The summed E-state index contributed by atoms with van der Waals surface area (Å²) in [5, 5.41) is 0. The predicted molar refractivity (Wildman–Crippen MR) is 115 cm³/mol. The molecule has 7 heteroatoms. The number of morpholine rings is 1. The monoisotopic (exact) mass is 415 g/mol. The highest BCUT2D eigenvalue weighted by Gasteiger charge is 2.56. The van der Waals surface area contributed by atoms with Crippen LogP contribution in [0.2, 0.25) is 0 Å².